The Hall–Kier alpha value is -3.06. The fraction of sp³-hybridized carbons (Fsp3) is 0.190. The van der Waals surface area contributed by atoms with Gasteiger partial charge in [-0.25, -0.2) is 0 Å². The van der Waals surface area contributed by atoms with Crippen molar-refractivity contribution in [3.63, 3.8) is 0 Å². The number of halogens is 3. The minimum absolute atomic E-state index is 0.111. The van der Waals surface area contributed by atoms with Gasteiger partial charge >= 0.3 is 6.18 Å². The SMILES string of the molecule is O=C(NCc1ccc(COCC(F)(F)F)cc1)c1ccc(-n2cccc2)cc1. The van der Waals surface area contributed by atoms with Gasteiger partial charge in [-0.15, -0.1) is 0 Å². The van der Waals surface area contributed by atoms with E-state index < -0.39 is 12.8 Å². The highest BCUT2D eigenvalue weighted by atomic mass is 19.4. The van der Waals surface area contributed by atoms with Crippen LogP contribution in [0.25, 0.3) is 5.69 Å². The Morgan fingerprint density at radius 2 is 1.54 bits per heavy atom. The molecule has 0 fully saturated rings. The summed E-state index contributed by atoms with van der Waals surface area (Å²) in [5, 5.41) is 2.83. The number of carbonyl (C=O) groups excluding carboxylic acids is 1. The molecule has 1 amide bonds. The Morgan fingerprint density at radius 1 is 0.929 bits per heavy atom. The highest BCUT2D eigenvalue weighted by Crippen LogP contribution is 2.16. The van der Waals surface area contributed by atoms with Gasteiger partial charge in [0.25, 0.3) is 5.91 Å². The normalized spacial score (nSPS) is 11.4. The molecule has 4 nitrogen and oxygen atoms in total. The first-order valence-corrected chi connectivity index (χ1v) is 8.65. The smallest absolute Gasteiger partial charge is 0.367 e. The summed E-state index contributed by atoms with van der Waals surface area (Å²) in [7, 11) is 0. The number of alkyl halides is 3. The van der Waals surface area contributed by atoms with Gasteiger partial charge in [-0.3, -0.25) is 4.79 Å². The maximum Gasteiger partial charge on any atom is 0.411 e. The van der Waals surface area contributed by atoms with E-state index in [0.29, 0.717) is 17.7 Å². The Kier molecular flexibility index (Phi) is 6.16. The van der Waals surface area contributed by atoms with Crippen molar-refractivity contribution in [3.05, 3.63) is 89.7 Å². The maximum atomic E-state index is 12.3. The zero-order valence-corrected chi connectivity index (χ0v) is 14.9. The summed E-state index contributed by atoms with van der Waals surface area (Å²) in [4.78, 5) is 12.3. The molecular formula is C21H19F3N2O2. The molecule has 0 spiro atoms. The molecule has 28 heavy (non-hydrogen) atoms. The number of aromatic nitrogens is 1. The lowest BCUT2D eigenvalue weighted by atomic mass is 10.1. The van der Waals surface area contributed by atoms with Gasteiger partial charge in [0.15, 0.2) is 0 Å². The molecule has 146 valence electrons. The van der Waals surface area contributed by atoms with Crippen LogP contribution in [-0.2, 0) is 17.9 Å². The quantitative estimate of drug-likeness (QED) is 0.648. The number of carbonyl (C=O) groups is 1. The van der Waals surface area contributed by atoms with Crippen LogP contribution in [0.3, 0.4) is 0 Å². The third kappa shape index (κ3) is 5.72. The van der Waals surface area contributed by atoms with Crippen LogP contribution in [0, 0.1) is 0 Å². The molecule has 2 aromatic carbocycles. The lowest BCUT2D eigenvalue weighted by molar-refractivity contribution is -0.176. The van der Waals surface area contributed by atoms with E-state index in [9.17, 15) is 18.0 Å². The molecule has 0 unspecified atom stereocenters. The van der Waals surface area contributed by atoms with E-state index in [1.165, 1.54) is 0 Å². The van der Waals surface area contributed by atoms with E-state index in [1.54, 1.807) is 36.4 Å². The van der Waals surface area contributed by atoms with E-state index in [4.69, 9.17) is 0 Å². The molecule has 7 heteroatoms. The van der Waals surface area contributed by atoms with Gasteiger partial charge in [0.2, 0.25) is 0 Å². The van der Waals surface area contributed by atoms with Crippen LogP contribution in [0.4, 0.5) is 13.2 Å². The topological polar surface area (TPSA) is 43.3 Å². The maximum absolute atomic E-state index is 12.3. The van der Waals surface area contributed by atoms with Gasteiger partial charge in [0.05, 0.1) is 6.61 Å². The van der Waals surface area contributed by atoms with Gasteiger partial charge in [0, 0.05) is 30.2 Å². The van der Waals surface area contributed by atoms with Crippen LogP contribution in [0.2, 0.25) is 0 Å². The molecule has 1 aromatic heterocycles. The number of hydrogen-bond acceptors (Lipinski definition) is 2. The summed E-state index contributed by atoms with van der Waals surface area (Å²) in [5.41, 5.74) is 3.00. The van der Waals surface area contributed by atoms with E-state index >= 15 is 0 Å². The second-order valence-corrected chi connectivity index (χ2v) is 6.24. The number of rotatable bonds is 7. The standard InChI is InChI=1S/C21H19F3N2O2/c22-21(23,24)15-28-14-17-5-3-16(4-6-17)13-25-20(27)18-7-9-19(10-8-18)26-11-1-2-12-26/h1-12H,13-15H2,(H,25,27). The van der Waals surface area contributed by atoms with Crippen LogP contribution in [-0.4, -0.2) is 23.3 Å². The number of nitrogens with one attached hydrogen (secondary N) is 1. The molecule has 0 aliphatic heterocycles. The molecule has 0 atom stereocenters. The third-order valence-corrected chi connectivity index (χ3v) is 4.04. The first-order valence-electron chi connectivity index (χ1n) is 8.65. The van der Waals surface area contributed by atoms with Gasteiger partial charge < -0.3 is 14.6 Å². The summed E-state index contributed by atoms with van der Waals surface area (Å²) in [6.07, 6.45) is -0.482. The molecule has 3 rings (SSSR count). The van der Waals surface area contributed by atoms with Crippen LogP contribution in [0.1, 0.15) is 21.5 Å². The van der Waals surface area contributed by atoms with Crippen molar-refractivity contribution < 1.29 is 22.7 Å². The van der Waals surface area contributed by atoms with Crippen molar-refractivity contribution in [1.82, 2.24) is 9.88 Å². The zero-order chi connectivity index (χ0) is 20.0. The second kappa shape index (κ2) is 8.75. The summed E-state index contributed by atoms with van der Waals surface area (Å²) >= 11 is 0. The number of hydrogen-bond donors (Lipinski definition) is 1. The Morgan fingerprint density at radius 3 is 2.14 bits per heavy atom. The molecule has 1 N–H and O–H groups in total. The van der Waals surface area contributed by atoms with Crippen molar-refractivity contribution in [2.24, 2.45) is 0 Å². The van der Waals surface area contributed by atoms with Crippen molar-refractivity contribution >= 4 is 5.91 Å². The van der Waals surface area contributed by atoms with E-state index in [0.717, 1.165) is 11.3 Å². The monoisotopic (exact) mass is 388 g/mol. The van der Waals surface area contributed by atoms with Crippen molar-refractivity contribution in [1.29, 1.82) is 0 Å². The highest BCUT2D eigenvalue weighted by Gasteiger charge is 2.27. The van der Waals surface area contributed by atoms with Gasteiger partial charge in [-0.1, -0.05) is 24.3 Å². The van der Waals surface area contributed by atoms with Crippen molar-refractivity contribution in [2.45, 2.75) is 19.3 Å². The average molecular weight is 388 g/mol. The number of amides is 1. The van der Waals surface area contributed by atoms with E-state index in [1.807, 2.05) is 41.2 Å². The molecule has 3 aromatic rings. The molecule has 0 bridgehead atoms. The molecular weight excluding hydrogens is 369 g/mol. The fourth-order valence-electron chi connectivity index (χ4n) is 2.61. The number of benzene rings is 2. The van der Waals surface area contributed by atoms with E-state index in [-0.39, 0.29) is 12.5 Å². The summed E-state index contributed by atoms with van der Waals surface area (Å²) in [5.74, 6) is -0.198. The second-order valence-electron chi connectivity index (χ2n) is 6.24. The van der Waals surface area contributed by atoms with Crippen molar-refractivity contribution in [3.8, 4) is 5.69 Å². The summed E-state index contributed by atoms with van der Waals surface area (Å²) < 4.78 is 42.8. The predicted molar refractivity (Wildman–Crippen MR) is 99.1 cm³/mol. The van der Waals surface area contributed by atoms with Crippen molar-refractivity contribution in [2.75, 3.05) is 6.61 Å². The van der Waals surface area contributed by atoms with Gasteiger partial charge in [0.1, 0.15) is 6.61 Å². The Labute approximate surface area is 160 Å². The van der Waals surface area contributed by atoms with E-state index in [2.05, 4.69) is 10.1 Å². The molecule has 0 aliphatic rings. The van der Waals surface area contributed by atoms with Crippen LogP contribution in [0.15, 0.2) is 73.1 Å². The molecule has 0 radical (unpaired) electrons. The number of nitrogens with zero attached hydrogens (tertiary/aromatic N) is 1. The highest BCUT2D eigenvalue weighted by molar-refractivity contribution is 5.94. The number of ether oxygens (including phenoxy) is 1. The lowest BCUT2D eigenvalue weighted by Gasteiger charge is -2.09. The first kappa shape index (κ1) is 19.7. The minimum Gasteiger partial charge on any atom is -0.367 e. The van der Waals surface area contributed by atoms with Gasteiger partial charge in [-0.05, 0) is 47.5 Å². The van der Waals surface area contributed by atoms with Crippen LogP contribution >= 0.6 is 0 Å². The van der Waals surface area contributed by atoms with Gasteiger partial charge in [-0.2, -0.15) is 13.2 Å². The first-order chi connectivity index (χ1) is 13.4. The average Bonchev–Trinajstić information content (AvgIpc) is 3.21. The molecule has 0 saturated carbocycles. The fourth-order valence-corrected chi connectivity index (χ4v) is 2.61. The lowest BCUT2D eigenvalue weighted by Crippen LogP contribution is -2.22. The molecule has 0 saturated heterocycles. The molecule has 0 aliphatic carbocycles. The predicted octanol–water partition coefficient (Wildman–Crippen LogP) is 4.49. The molecule has 1 heterocycles. The third-order valence-electron chi connectivity index (χ3n) is 4.04. The Balaban J connectivity index is 1.49. The largest absolute Gasteiger partial charge is 0.411 e. The van der Waals surface area contributed by atoms with Crippen LogP contribution < -0.4 is 5.32 Å². The Bertz CT molecular complexity index is 887. The summed E-state index contributed by atoms with van der Waals surface area (Å²) in [6, 6.07) is 18.0. The minimum atomic E-state index is -4.33. The zero-order valence-electron chi connectivity index (χ0n) is 14.9. The van der Waals surface area contributed by atoms with Crippen LogP contribution in [0.5, 0.6) is 0 Å². The summed E-state index contributed by atoms with van der Waals surface area (Å²) in [6.45, 7) is -1.06.